The Morgan fingerprint density at radius 2 is 1.44 bits per heavy atom. The van der Waals surface area contributed by atoms with Crippen LogP contribution in [0.4, 0.5) is 5.69 Å². The molecule has 0 amide bonds. The van der Waals surface area contributed by atoms with Gasteiger partial charge in [-0.1, -0.05) is 60.3 Å². The largest absolute Gasteiger partial charge is 0.434 e. The Morgan fingerprint density at radius 1 is 0.920 bits per heavy atom. The normalized spacial score (nSPS) is 10.3. The van der Waals surface area contributed by atoms with Gasteiger partial charge in [-0.3, -0.25) is 4.79 Å². The molecule has 9 heteroatoms. The Morgan fingerprint density at radius 3 is 2.00 bits per heavy atom. The number of aromatic amines is 1. The van der Waals surface area contributed by atoms with Crippen molar-refractivity contribution in [2.24, 2.45) is 0 Å². The molecule has 132 valence electrons. The van der Waals surface area contributed by atoms with Crippen LogP contribution in [-0.2, 0) is 0 Å². The van der Waals surface area contributed by atoms with Crippen LogP contribution in [0.25, 0.3) is 10.8 Å². The number of ether oxygens (including phenoxy) is 1. The van der Waals surface area contributed by atoms with Crippen LogP contribution in [0.3, 0.4) is 0 Å². The van der Waals surface area contributed by atoms with E-state index in [1.165, 1.54) is 24.3 Å². The number of hydrogen-bond acceptors (Lipinski definition) is 4. The minimum absolute atomic E-state index is 0.0757. The summed E-state index contributed by atoms with van der Waals surface area (Å²) >= 11 is 24.1. The number of benzene rings is 2. The maximum atomic E-state index is 11.9. The molecule has 0 fully saturated rings. The molecule has 1 heterocycles. The quantitative estimate of drug-likeness (QED) is 0.502. The standard InChI is InChI=1S/C14H7Cl4N3O2.C2H6/c15-8-3-6-7(4-9(8)16)14(21-20-13(6)22)23-12-10(17)1-5(19)2-11(12)18;1-2/h1-4H,19H2,(H,20,22);1-2H3. The topological polar surface area (TPSA) is 81.0 Å². The van der Waals surface area contributed by atoms with Crippen LogP contribution in [0.2, 0.25) is 20.1 Å². The number of H-pyrrole nitrogens is 1. The van der Waals surface area contributed by atoms with Crippen molar-refractivity contribution in [3.8, 4) is 11.6 Å². The summed E-state index contributed by atoms with van der Waals surface area (Å²) in [6, 6.07) is 5.88. The minimum Gasteiger partial charge on any atom is -0.434 e. The van der Waals surface area contributed by atoms with Crippen LogP contribution in [0.1, 0.15) is 13.8 Å². The molecular weight excluding hydrogens is 408 g/mol. The van der Waals surface area contributed by atoms with Crippen molar-refractivity contribution in [2.75, 3.05) is 5.73 Å². The molecule has 0 atom stereocenters. The number of hydrogen-bond donors (Lipinski definition) is 2. The average molecular weight is 421 g/mol. The molecule has 3 aromatic rings. The lowest BCUT2D eigenvalue weighted by Crippen LogP contribution is -2.09. The van der Waals surface area contributed by atoms with Gasteiger partial charge in [0.15, 0.2) is 5.75 Å². The highest BCUT2D eigenvalue weighted by molar-refractivity contribution is 6.43. The molecule has 3 rings (SSSR count). The second-order valence-electron chi connectivity index (χ2n) is 4.59. The van der Waals surface area contributed by atoms with Gasteiger partial charge in [0.1, 0.15) is 0 Å². The van der Waals surface area contributed by atoms with Gasteiger partial charge in [-0.15, -0.1) is 5.10 Å². The second kappa shape index (κ2) is 8.15. The number of nitrogens with one attached hydrogen (secondary N) is 1. The van der Waals surface area contributed by atoms with Gasteiger partial charge in [0.05, 0.1) is 30.9 Å². The number of nitrogens with two attached hydrogens (primary N) is 1. The third kappa shape index (κ3) is 4.12. The van der Waals surface area contributed by atoms with Gasteiger partial charge in [0.2, 0.25) is 5.88 Å². The third-order valence-electron chi connectivity index (χ3n) is 3.01. The van der Waals surface area contributed by atoms with Crippen molar-refractivity contribution in [3.63, 3.8) is 0 Å². The van der Waals surface area contributed by atoms with E-state index >= 15 is 0 Å². The van der Waals surface area contributed by atoms with Crippen molar-refractivity contribution in [3.05, 3.63) is 54.7 Å². The lowest BCUT2D eigenvalue weighted by atomic mass is 10.2. The van der Waals surface area contributed by atoms with Gasteiger partial charge in [-0.25, -0.2) is 5.10 Å². The number of rotatable bonds is 2. The van der Waals surface area contributed by atoms with Gasteiger partial charge in [-0.05, 0) is 24.3 Å². The first-order valence-corrected chi connectivity index (χ1v) is 8.68. The number of aromatic nitrogens is 2. The van der Waals surface area contributed by atoms with E-state index in [4.69, 9.17) is 56.9 Å². The number of nitrogens with zero attached hydrogens (tertiary/aromatic N) is 1. The molecule has 0 saturated heterocycles. The first kappa shape index (κ1) is 19.7. The molecule has 3 N–H and O–H groups in total. The highest BCUT2D eigenvalue weighted by atomic mass is 35.5. The first-order chi connectivity index (χ1) is 11.9. The van der Waals surface area contributed by atoms with Crippen LogP contribution in [-0.4, -0.2) is 10.2 Å². The molecule has 0 saturated carbocycles. The van der Waals surface area contributed by atoms with Crippen LogP contribution in [0, 0.1) is 0 Å². The van der Waals surface area contributed by atoms with E-state index in [0.29, 0.717) is 11.1 Å². The predicted octanol–water partition coefficient (Wildman–Crippen LogP) is 5.94. The zero-order chi connectivity index (χ0) is 18.7. The monoisotopic (exact) mass is 419 g/mol. The summed E-state index contributed by atoms with van der Waals surface area (Å²) in [5.41, 5.74) is 5.61. The van der Waals surface area contributed by atoms with Gasteiger partial charge >= 0.3 is 0 Å². The molecule has 0 aliphatic carbocycles. The Hall–Kier alpha value is -1.66. The Bertz CT molecular complexity index is 966. The molecule has 0 aliphatic heterocycles. The third-order valence-corrected chi connectivity index (χ3v) is 4.30. The van der Waals surface area contributed by atoms with Crippen LogP contribution in [0.15, 0.2) is 29.1 Å². The van der Waals surface area contributed by atoms with Gasteiger partial charge in [-0.2, -0.15) is 0 Å². The SMILES string of the molecule is CC.Nc1cc(Cl)c(Oc2n[nH]c(=O)c3cc(Cl)c(Cl)cc23)c(Cl)c1. The number of nitrogen functional groups attached to an aromatic ring is 1. The molecule has 0 unspecified atom stereocenters. The average Bonchev–Trinajstić information content (AvgIpc) is 2.56. The number of anilines is 1. The molecule has 1 aromatic heterocycles. The highest BCUT2D eigenvalue weighted by Crippen LogP contribution is 2.39. The number of fused-ring (bicyclic) bond motifs is 1. The van der Waals surface area contributed by atoms with E-state index in [1.807, 2.05) is 13.8 Å². The van der Waals surface area contributed by atoms with E-state index in [0.717, 1.165) is 0 Å². The summed E-state index contributed by atoms with van der Waals surface area (Å²) in [4.78, 5) is 11.9. The molecule has 0 bridgehead atoms. The fraction of sp³-hybridized carbons (Fsp3) is 0.125. The predicted molar refractivity (Wildman–Crippen MR) is 105 cm³/mol. The second-order valence-corrected chi connectivity index (χ2v) is 6.21. The van der Waals surface area contributed by atoms with Crippen molar-refractivity contribution >= 4 is 62.9 Å². The molecule has 2 aromatic carbocycles. The van der Waals surface area contributed by atoms with Crippen molar-refractivity contribution in [2.45, 2.75) is 13.8 Å². The summed E-state index contributed by atoms with van der Waals surface area (Å²) in [6.07, 6.45) is 0. The van der Waals surface area contributed by atoms with E-state index in [9.17, 15) is 4.79 Å². The van der Waals surface area contributed by atoms with Gasteiger partial charge < -0.3 is 10.5 Å². The van der Waals surface area contributed by atoms with Gasteiger partial charge in [0, 0.05) is 5.69 Å². The lowest BCUT2D eigenvalue weighted by molar-refractivity contribution is 0.461. The van der Waals surface area contributed by atoms with Gasteiger partial charge in [0.25, 0.3) is 5.56 Å². The Kier molecular flexibility index (Phi) is 6.41. The molecule has 5 nitrogen and oxygen atoms in total. The highest BCUT2D eigenvalue weighted by Gasteiger charge is 2.15. The van der Waals surface area contributed by atoms with E-state index in [-0.39, 0.29) is 37.1 Å². The van der Waals surface area contributed by atoms with E-state index < -0.39 is 5.56 Å². The summed E-state index contributed by atoms with van der Waals surface area (Å²) in [6.45, 7) is 4.00. The maximum Gasteiger partial charge on any atom is 0.272 e. The molecule has 0 spiro atoms. The summed E-state index contributed by atoms with van der Waals surface area (Å²) in [5, 5.41) is 7.73. The summed E-state index contributed by atoms with van der Waals surface area (Å²) in [7, 11) is 0. The van der Waals surface area contributed by atoms with Crippen LogP contribution >= 0.6 is 46.4 Å². The Labute approximate surface area is 163 Å². The smallest absolute Gasteiger partial charge is 0.272 e. The zero-order valence-electron chi connectivity index (χ0n) is 13.2. The van der Waals surface area contributed by atoms with E-state index in [1.54, 1.807) is 0 Å². The maximum absolute atomic E-state index is 11.9. The van der Waals surface area contributed by atoms with Crippen molar-refractivity contribution in [1.82, 2.24) is 10.2 Å². The fourth-order valence-electron chi connectivity index (χ4n) is 1.99. The van der Waals surface area contributed by atoms with Crippen molar-refractivity contribution in [1.29, 1.82) is 0 Å². The number of halogens is 4. The van der Waals surface area contributed by atoms with Crippen LogP contribution < -0.4 is 16.0 Å². The molecule has 0 aliphatic rings. The minimum atomic E-state index is -0.430. The first-order valence-electron chi connectivity index (χ1n) is 7.16. The summed E-state index contributed by atoms with van der Waals surface area (Å²) < 4.78 is 5.66. The zero-order valence-corrected chi connectivity index (χ0v) is 16.2. The lowest BCUT2D eigenvalue weighted by Gasteiger charge is -2.11. The molecule has 25 heavy (non-hydrogen) atoms. The fourth-order valence-corrected chi connectivity index (χ4v) is 2.89. The van der Waals surface area contributed by atoms with Crippen molar-refractivity contribution < 1.29 is 4.74 Å². The Balaban J connectivity index is 0.00000109. The molecular formula is C16H13Cl4N3O2. The summed E-state index contributed by atoms with van der Waals surface area (Å²) in [5.74, 6) is 0.237. The van der Waals surface area contributed by atoms with E-state index in [2.05, 4.69) is 10.2 Å². The van der Waals surface area contributed by atoms with Crippen LogP contribution in [0.5, 0.6) is 11.6 Å². The molecule has 0 radical (unpaired) electrons.